The summed E-state index contributed by atoms with van der Waals surface area (Å²) in [4.78, 5) is 10.4. The Morgan fingerprint density at radius 3 is 2.58 bits per heavy atom. The maximum absolute atomic E-state index is 10.4. The minimum Gasteiger partial charge on any atom is -0.347 e. The Kier molecular flexibility index (Phi) is 2.15. The van der Waals surface area contributed by atoms with E-state index in [9.17, 15) is 4.79 Å². The van der Waals surface area contributed by atoms with E-state index in [0.29, 0.717) is 6.61 Å². The number of carbonyl (C=O) groups is 1. The molecule has 3 heteroatoms. The lowest BCUT2D eigenvalue weighted by Crippen LogP contribution is -2.33. The van der Waals surface area contributed by atoms with E-state index in [1.165, 1.54) is 6.42 Å². The molecule has 0 aromatic heterocycles. The Labute approximate surface area is 72.0 Å². The van der Waals surface area contributed by atoms with E-state index in [4.69, 9.17) is 9.47 Å². The van der Waals surface area contributed by atoms with Crippen LogP contribution in [-0.4, -0.2) is 24.8 Å². The number of carbonyl (C=O) groups excluding carboxylic acids is 1. The molecule has 2 aliphatic rings. The van der Waals surface area contributed by atoms with Gasteiger partial charge in [-0.2, -0.15) is 0 Å². The van der Waals surface area contributed by atoms with E-state index in [0.717, 1.165) is 32.0 Å². The van der Waals surface area contributed by atoms with Crippen LogP contribution < -0.4 is 0 Å². The SMILES string of the molecule is O=C[C@@H]1COC2(CCCCC2)O1. The first-order valence-corrected chi connectivity index (χ1v) is 4.62. The first-order valence-electron chi connectivity index (χ1n) is 4.62. The summed E-state index contributed by atoms with van der Waals surface area (Å²) < 4.78 is 11.1. The summed E-state index contributed by atoms with van der Waals surface area (Å²) in [5.41, 5.74) is 0. The van der Waals surface area contributed by atoms with Crippen LogP contribution in [0.4, 0.5) is 0 Å². The maximum Gasteiger partial charge on any atom is 0.169 e. The van der Waals surface area contributed by atoms with Gasteiger partial charge in [-0.05, 0) is 12.8 Å². The summed E-state index contributed by atoms with van der Waals surface area (Å²) in [5.74, 6) is -0.385. The van der Waals surface area contributed by atoms with Crippen molar-refractivity contribution in [3.05, 3.63) is 0 Å². The molecular formula is C9H14O3. The van der Waals surface area contributed by atoms with Crippen LogP contribution in [-0.2, 0) is 14.3 Å². The van der Waals surface area contributed by atoms with Crippen molar-refractivity contribution in [2.24, 2.45) is 0 Å². The Morgan fingerprint density at radius 1 is 1.25 bits per heavy atom. The van der Waals surface area contributed by atoms with Crippen molar-refractivity contribution in [2.75, 3.05) is 6.61 Å². The minimum atomic E-state index is -0.385. The zero-order chi connectivity index (χ0) is 8.44. The van der Waals surface area contributed by atoms with Crippen molar-refractivity contribution < 1.29 is 14.3 Å². The largest absolute Gasteiger partial charge is 0.347 e. The smallest absolute Gasteiger partial charge is 0.169 e. The molecule has 1 aliphatic heterocycles. The molecule has 1 aliphatic carbocycles. The van der Waals surface area contributed by atoms with Crippen molar-refractivity contribution in [3.8, 4) is 0 Å². The maximum atomic E-state index is 10.4. The molecule has 12 heavy (non-hydrogen) atoms. The molecular weight excluding hydrogens is 156 g/mol. The first kappa shape index (κ1) is 8.20. The molecule has 1 atom stereocenters. The average molecular weight is 170 g/mol. The van der Waals surface area contributed by atoms with E-state index in [1.54, 1.807) is 0 Å². The quantitative estimate of drug-likeness (QED) is 0.556. The van der Waals surface area contributed by atoms with Gasteiger partial charge in [-0.1, -0.05) is 6.42 Å². The van der Waals surface area contributed by atoms with Crippen LogP contribution in [0.1, 0.15) is 32.1 Å². The zero-order valence-corrected chi connectivity index (χ0v) is 7.12. The normalized spacial score (nSPS) is 33.8. The van der Waals surface area contributed by atoms with Crippen molar-refractivity contribution in [2.45, 2.75) is 44.0 Å². The molecule has 68 valence electrons. The summed E-state index contributed by atoms with van der Waals surface area (Å²) in [5, 5.41) is 0. The van der Waals surface area contributed by atoms with Crippen LogP contribution in [0, 0.1) is 0 Å². The molecule has 1 spiro atoms. The Morgan fingerprint density at radius 2 is 2.00 bits per heavy atom. The summed E-state index contributed by atoms with van der Waals surface area (Å²) in [6.07, 6.45) is 6.01. The second kappa shape index (κ2) is 3.15. The molecule has 0 unspecified atom stereocenters. The van der Waals surface area contributed by atoms with Gasteiger partial charge in [0.1, 0.15) is 6.10 Å². The van der Waals surface area contributed by atoms with Crippen molar-refractivity contribution in [1.29, 1.82) is 0 Å². The van der Waals surface area contributed by atoms with Crippen LogP contribution in [0.25, 0.3) is 0 Å². The lowest BCUT2D eigenvalue weighted by atomic mass is 9.94. The molecule has 2 fully saturated rings. The molecule has 0 aromatic rings. The van der Waals surface area contributed by atoms with Gasteiger partial charge in [-0.25, -0.2) is 0 Å². The second-order valence-corrected chi connectivity index (χ2v) is 3.57. The van der Waals surface area contributed by atoms with Crippen LogP contribution in [0.3, 0.4) is 0 Å². The van der Waals surface area contributed by atoms with E-state index in [-0.39, 0.29) is 11.9 Å². The number of hydrogen-bond acceptors (Lipinski definition) is 3. The molecule has 0 amide bonds. The molecule has 1 saturated carbocycles. The second-order valence-electron chi connectivity index (χ2n) is 3.57. The van der Waals surface area contributed by atoms with E-state index in [1.807, 2.05) is 0 Å². The third-order valence-electron chi connectivity index (χ3n) is 2.64. The molecule has 0 radical (unpaired) electrons. The topological polar surface area (TPSA) is 35.5 Å². The van der Waals surface area contributed by atoms with Gasteiger partial charge in [-0.15, -0.1) is 0 Å². The van der Waals surface area contributed by atoms with Crippen LogP contribution >= 0.6 is 0 Å². The highest BCUT2D eigenvalue weighted by molar-refractivity contribution is 5.56. The lowest BCUT2D eigenvalue weighted by Gasteiger charge is -2.31. The molecule has 0 N–H and O–H groups in total. The van der Waals surface area contributed by atoms with Gasteiger partial charge in [0.25, 0.3) is 0 Å². The molecule has 3 nitrogen and oxygen atoms in total. The summed E-state index contributed by atoms with van der Waals surface area (Å²) in [6.45, 7) is 0.448. The zero-order valence-electron chi connectivity index (χ0n) is 7.12. The molecule has 1 saturated heterocycles. The fourth-order valence-electron chi connectivity index (χ4n) is 2.00. The highest BCUT2D eigenvalue weighted by Gasteiger charge is 2.41. The van der Waals surface area contributed by atoms with Gasteiger partial charge < -0.3 is 14.3 Å². The Hall–Kier alpha value is -0.410. The summed E-state index contributed by atoms with van der Waals surface area (Å²) in [7, 11) is 0. The average Bonchev–Trinajstić information content (AvgIpc) is 2.50. The highest BCUT2D eigenvalue weighted by Crippen LogP contribution is 2.37. The van der Waals surface area contributed by atoms with Crippen LogP contribution in [0.5, 0.6) is 0 Å². The van der Waals surface area contributed by atoms with Gasteiger partial charge in [0, 0.05) is 12.8 Å². The fraction of sp³-hybridized carbons (Fsp3) is 0.889. The third kappa shape index (κ3) is 1.39. The number of hydrogen-bond donors (Lipinski definition) is 0. The molecule has 0 aromatic carbocycles. The van der Waals surface area contributed by atoms with Crippen LogP contribution in [0.2, 0.25) is 0 Å². The molecule has 1 heterocycles. The van der Waals surface area contributed by atoms with Gasteiger partial charge in [0.05, 0.1) is 6.61 Å². The fourth-order valence-corrected chi connectivity index (χ4v) is 2.00. The minimum absolute atomic E-state index is 0.317. The monoisotopic (exact) mass is 170 g/mol. The first-order chi connectivity index (χ1) is 5.85. The lowest BCUT2D eigenvalue weighted by molar-refractivity contribution is -0.186. The van der Waals surface area contributed by atoms with Crippen LogP contribution in [0.15, 0.2) is 0 Å². The number of ether oxygens (including phenoxy) is 2. The van der Waals surface area contributed by atoms with Crippen molar-refractivity contribution >= 4 is 6.29 Å². The predicted molar refractivity (Wildman–Crippen MR) is 42.7 cm³/mol. The van der Waals surface area contributed by atoms with Gasteiger partial charge in [0.15, 0.2) is 12.1 Å². The standard InChI is InChI=1S/C9H14O3/c10-6-8-7-11-9(12-8)4-2-1-3-5-9/h6,8H,1-5,7H2/t8-/m1/s1. The van der Waals surface area contributed by atoms with Crippen molar-refractivity contribution in [1.82, 2.24) is 0 Å². The van der Waals surface area contributed by atoms with Gasteiger partial charge >= 0.3 is 0 Å². The van der Waals surface area contributed by atoms with E-state index in [2.05, 4.69) is 0 Å². The van der Waals surface area contributed by atoms with E-state index < -0.39 is 0 Å². The number of aldehydes is 1. The van der Waals surface area contributed by atoms with Gasteiger partial charge in [-0.3, -0.25) is 0 Å². The Bertz CT molecular complexity index is 173. The molecule has 2 rings (SSSR count). The summed E-state index contributed by atoms with van der Waals surface area (Å²) >= 11 is 0. The molecule has 0 bridgehead atoms. The van der Waals surface area contributed by atoms with Gasteiger partial charge in [0.2, 0.25) is 0 Å². The highest BCUT2D eigenvalue weighted by atomic mass is 16.7. The van der Waals surface area contributed by atoms with Crippen molar-refractivity contribution in [3.63, 3.8) is 0 Å². The number of rotatable bonds is 1. The third-order valence-corrected chi connectivity index (χ3v) is 2.64. The van der Waals surface area contributed by atoms with E-state index >= 15 is 0 Å². The summed E-state index contributed by atoms with van der Waals surface area (Å²) in [6, 6.07) is 0. The Balaban J connectivity index is 1.98. The predicted octanol–water partition coefficient (Wildman–Crippen LogP) is 1.26.